The van der Waals surface area contributed by atoms with Gasteiger partial charge in [0.1, 0.15) is 5.82 Å². The van der Waals surface area contributed by atoms with Gasteiger partial charge in [-0.1, -0.05) is 36.4 Å². The quantitative estimate of drug-likeness (QED) is 0.655. The minimum absolute atomic E-state index is 0.114. The van der Waals surface area contributed by atoms with Gasteiger partial charge >= 0.3 is 0 Å². The summed E-state index contributed by atoms with van der Waals surface area (Å²) < 4.78 is 32.6. The predicted molar refractivity (Wildman–Crippen MR) is 112 cm³/mol. The van der Waals surface area contributed by atoms with Crippen LogP contribution in [0.2, 0.25) is 0 Å². The van der Waals surface area contributed by atoms with Gasteiger partial charge in [-0.2, -0.15) is 0 Å². The van der Waals surface area contributed by atoms with Gasteiger partial charge in [-0.25, -0.2) is 13.4 Å². The first-order valence-corrected chi connectivity index (χ1v) is 11.3. The second-order valence-electron chi connectivity index (χ2n) is 7.15. The van der Waals surface area contributed by atoms with Crippen molar-refractivity contribution in [2.45, 2.75) is 29.0 Å². The fraction of sp³-hybridized carbons (Fsp3) is 0.273. The van der Waals surface area contributed by atoms with E-state index in [-0.39, 0.29) is 37.5 Å². The van der Waals surface area contributed by atoms with Gasteiger partial charge in [-0.15, -0.1) is 0 Å². The molecular formula is C22H23N3O4S. The van der Waals surface area contributed by atoms with Gasteiger partial charge in [-0.3, -0.25) is 4.79 Å². The molecule has 0 unspecified atom stereocenters. The summed E-state index contributed by atoms with van der Waals surface area (Å²) in [4.78, 5) is 17.8. The topological polar surface area (TPSA) is 90.3 Å². The van der Waals surface area contributed by atoms with E-state index in [1.165, 1.54) is 12.1 Å². The molecule has 0 aliphatic carbocycles. The Labute approximate surface area is 175 Å². The molecule has 4 rings (SSSR count). The summed E-state index contributed by atoms with van der Waals surface area (Å²) >= 11 is 0. The normalized spacial score (nSPS) is 16.1. The number of hydrogen-bond acceptors (Lipinski definition) is 5. The molecular weight excluding hydrogens is 402 g/mol. The van der Waals surface area contributed by atoms with Crippen LogP contribution < -0.4 is 5.32 Å². The van der Waals surface area contributed by atoms with Crippen LogP contribution in [0.25, 0.3) is 5.69 Å². The number of nitrogens with one attached hydrogen (secondary N) is 1. The summed E-state index contributed by atoms with van der Waals surface area (Å²) in [6, 6.07) is 17.8. The van der Waals surface area contributed by atoms with Crippen molar-refractivity contribution in [2.24, 2.45) is 0 Å². The second-order valence-corrected chi connectivity index (χ2v) is 9.41. The highest BCUT2D eigenvalue weighted by molar-refractivity contribution is 7.93. The first-order chi connectivity index (χ1) is 14.5. The average molecular weight is 426 g/mol. The summed E-state index contributed by atoms with van der Waals surface area (Å²) in [6.45, 7) is 0.559. The highest BCUT2D eigenvalue weighted by atomic mass is 32.2. The summed E-state index contributed by atoms with van der Waals surface area (Å²) in [6.07, 6.45) is 3.69. The molecule has 2 aromatic carbocycles. The number of benzene rings is 2. The standard InChI is InChI=1S/C22H23N3O4S/c26-21(24-17-20-23-13-14-25(20)18-7-3-1-4-8-18)22(11-15-29-16-12-22)30(27,28)19-9-5-2-6-10-19/h1-10,13-14H,11-12,15-17H2,(H,24,26). The lowest BCUT2D eigenvalue weighted by atomic mass is 9.98. The average Bonchev–Trinajstić information content (AvgIpc) is 3.27. The van der Waals surface area contributed by atoms with E-state index >= 15 is 0 Å². The smallest absolute Gasteiger partial charge is 0.242 e. The fourth-order valence-electron chi connectivity index (χ4n) is 3.75. The van der Waals surface area contributed by atoms with E-state index in [1.54, 1.807) is 24.4 Å². The van der Waals surface area contributed by atoms with Crippen molar-refractivity contribution in [3.63, 3.8) is 0 Å². The number of hydrogen-bond donors (Lipinski definition) is 1. The highest BCUT2D eigenvalue weighted by Gasteiger charge is 2.52. The molecule has 1 aliphatic heterocycles. The molecule has 2 heterocycles. The van der Waals surface area contributed by atoms with E-state index in [2.05, 4.69) is 10.3 Å². The molecule has 0 saturated carbocycles. The van der Waals surface area contributed by atoms with Crippen LogP contribution in [0.5, 0.6) is 0 Å². The van der Waals surface area contributed by atoms with E-state index in [9.17, 15) is 13.2 Å². The van der Waals surface area contributed by atoms with Crippen LogP contribution >= 0.6 is 0 Å². The van der Waals surface area contributed by atoms with Crippen LogP contribution in [0.1, 0.15) is 18.7 Å². The van der Waals surface area contributed by atoms with Crippen molar-refractivity contribution in [1.82, 2.24) is 14.9 Å². The number of aromatic nitrogens is 2. The number of carbonyl (C=O) groups excluding carboxylic acids is 1. The molecule has 0 spiro atoms. The molecule has 3 aromatic rings. The Balaban J connectivity index is 1.60. The van der Waals surface area contributed by atoms with Gasteiger partial charge in [0.05, 0.1) is 11.4 Å². The molecule has 1 amide bonds. The van der Waals surface area contributed by atoms with Gasteiger partial charge < -0.3 is 14.6 Å². The minimum atomic E-state index is -3.90. The Bertz CT molecular complexity index is 1110. The van der Waals surface area contributed by atoms with Crippen LogP contribution in [0, 0.1) is 0 Å². The van der Waals surface area contributed by atoms with Gasteiger partial charge in [0.25, 0.3) is 0 Å². The Morgan fingerprint density at radius 3 is 2.33 bits per heavy atom. The molecule has 8 heteroatoms. The number of nitrogens with zero attached hydrogens (tertiary/aromatic N) is 2. The summed E-state index contributed by atoms with van der Waals surface area (Å²) in [5.41, 5.74) is 0.914. The number of sulfone groups is 1. The number of ether oxygens (including phenoxy) is 1. The fourth-order valence-corrected chi connectivity index (χ4v) is 5.74. The summed E-state index contributed by atoms with van der Waals surface area (Å²) in [5.74, 6) is 0.103. The minimum Gasteiger partial charge on any atom is -0.381 e. The Morgan fingerprint density at radius 2 is 1.67 bits per heavy atom. The number of rotatable bonds is 6. The lowest BCUT2D eigenvalue weighted by Gasteiger charge is -2.35. The zero-order chi connectivity index (χ0) is 21.0. The van der Waals surface area contributed by atoms with Crippen LogP contribution in [0.4, 0.5) is 0 Å². The van der Waals surface area contributed by atoms with E-state index in [0.717, 1.165) is 5.69 Å². The number of para-hydroxylation sites is 1. The highest BCUT2D eigenvalue weighted by Crippen LogP contribution is 2.35. The van der Waals surface area contributed by atoms with E-state index in [0.29, 0.717) is 5.82 Å². The number of amides is 1. The molecule has 1 saturated heterocycles. The van der Waals surface area contributed by atoms with Gasteiger partial charge in [0, 0.05) is 31.3 Å². The predicted octanol–water partition coefficient (Wildman–Crippen LogP) is 2.51. The molecule has 7 nitrogen and oxygen atoms in total. The molecule has 156 valence electrons. The molecule has 1 N–H and O–H groups in total. The zero-order valence-electron chi connectivity index (χ0n) is 16.4. The molecule has 0 atom stereocenters. The van der Waals surface area contributed by atoms with Crippen molar-refractivity contribution in [3.05, 3.63) is 78.9 Å². The molecule has 1 aliphatic rings. The van der Waals surface area contributed by atoms with Crippen molar-refractivity contribution in [3.8, 4) is 5.69 Å². The monoisotopic (exact) mass is 425 g/mol. The maximum atomic E-state index is 13.5. The molecule has 1 aromatic heterocycles. The second kappa shape index (κ2) is 8.41. The van der Waals surface area contributed by atoms with Crippen molar-refractivity contribution < 1.29 is 17.9 Å². The van der Waals surface area contributed by atoms with Crippen LogP contribution in [0.15, 0.2) is 78.0 Å². The van der Waals surface area contributed by atoms with E-state index in [4.69, 9.17) is 4.74 Å². The van der Waals surface area contributed by atoms with Crippen molar-refractivity contribution in [2.75, 3.05) is 13.2 Å². The third-order valence-corrected chi connectivity index (χ3v) is 7.96. The van der Waals surface area contributed by atoms with Crippen LogP contribution in [-0.4, -0.2) is 41.8 Å². The number of imidazole rings is 1. The Kier molecular flexibility index (Phi) is 5.69. The zero-order valence-corrected chi connectivity index (χ0v) is 17.2. The van der Waals surface area contributed by atoms with E-state index in [1.807, 2.05) is 41.1 Å². The van der Waals surface area contributed by atoms with Crippen LogP contribution in [0.3, 0.4) is 0 Å². The van der Waals surface area contributed by atoms with E-state index < -0.39 is 20.5 Å². The number of carbonyl (C=O) groups is 1. The Hall–Kier alpha value is -2.97. The maximum Gasteiger partial charge on any atom is 0.242 e. The maximum absolute atomic E-state index is 13.5. The molecule has 0 radical (unpaired) electrons. The molecule has 0 bridgehead atoms. The largest absolute Gasteiger partial charge is 0.381 e. The van der Waals surface area contributed by atoms with Gasteiger partial charge in [0.15, 0.2) is 14.6 Å². The summed E-state index contributed by atoms with van der Waals surface area (Å²) in [5, 5.41) is 2.82. The third-order valence-electron chi connectivity index (χ3n) is 5.44. The van der Waals surface area contributed by atoms with Gasteiger partial charge in [-0.05, 0) is 37.1 Å². The molecule has 1 fully saturated rings. The van der Waals surface area contributed by atoms with Gasteiger partial charge in [0.2, 0.25) is 5.91 Å². The summed E-state index contributed by atoms with van der Waals surface area (Å²) in [7, 11) is -3.90. The lowest BCUT2D eigenvalue weighted by molar-refractivity contribution is -0.126. The molecule has 30 heavy (non-hydrogen) atoms. The van der Waals surface area contributed by atoms with Crippen molar-refractivity contribution in [1.29, 1.82) is 0 Å². The third kappa shape index (κ3) is 3.64. The van der Waals surface area contributed by atoms with Crippen molar-refractivity contribution >= 4 is 15.7 Å². The first kappa shape index (κ1) is 20.3. The Morgan fingerprint density at radius 1 is 1.03 bits per heavy atom. The lowest BCUT2D eigenvalue weighted by Crippen LogP contribution is -2.55. The first-order valence-electron chi connectivity index (χ1n) is 9.78. The SMILES string of the molecule is O=C(NCc1nccn1-c1ccccc1)C1(S(=O)(=O)c2ccccc2)CCOCC1. The van der Waals surface area contributed by atoms with Crippen LogP contribution in [-0.2, 0) is 25.9 Å².